The van der Waals surface area contributed by atoms with E-state index in [1.807, 2.05) is 6.07 Å². The van der Waals surface area contributed by atoms with Gasteiger partial charge in [0.1, 0.15) is 6.17 Å². The summed E-state index contributed by atoms with van der Waals surface area (Å²) in [5.74, 6) is -0.111. The average molecular weight is 619 g/mol. The topological polar surface area (TPSA) is 44.8 Å². The van der Waals surface area contributed by atoms with E-state index in [9.17, 15) is 0 Å². The molecule has 3 aliphatic heterocycles. The lowest BCUT2D eigenvalue weighted by atomic mass is 9.60. The molecule has 5 nitrogen and oxygen atoms in total. The molecule has 7 heteroatoms. The number of rotatable bonds is 5. The molecule has 0 aliphatic carbocycles. The summed E-state index contributed by atoms with van der Waals surface area (Å²) < 4.78 is 7.89. The summed E-state index contributed by atoms with van der Waals surface area (Å²) in [5, 5.41) is 3.94. The number of carbonyl (C=O) groups is 1. The molecule has 40 heavy (non-hydrogen) atoms. The standard InChI is InChI=1S/C33H40BrN3O2Si/c1-32(2,3)40(5,6)39-21-27(22-13-8-7-9-14-22)37-20-19-33-28(30(37)38)23-15-10-11-17-25(23)35-31(33)36(4)26-18-12-16-24(34)29(26)33/h7-18,27-28,31,35H,19-21H2,1-6H3/t27-,28-,31-,33+/m1/s1. The molecule has 210 valence electrons. The summed E-state index contributed by atoms with van der Waals surface area (Å²) in [5.41, 5.74) is 5.32. The molecular weight excluding hydrogens is 578 g/mol. The summed E-state index contributed by atoms with van der Waals surface area (Å²) in [4.78, 5) is 19.5. The number of likely N-dealkylation sites (N-methyl/N-ethyl adjacent to an activating group) is 1. The van der Waals surface area contributed by atoms with Gasteiger partial charge in [0.25, 0.3) is 0 Å². The van der Waals surface area contributed by atoms with Gasteiger partial charge in [0.2, 0.25) is 5.91 Å². The predicted octanol–water partition coefficient (Wildman–Crippen LogP) is 7.67. The molecule has 1 amide bonds. The number of benzene rings is 3. The highest BCUT2D eigenvalue weighted by molar-refractivity contribution is 9.10. The van der Waals surface area contributed by atoms with Crippen molar-refractivity contribution in [2.75, 3.05) is 30.4 Å². The number of halogens is 1. The van der Waals surface area contributed by atoms with Crippen molar-refractivity contribution in [1.82, 2.24) is 4.90 Å². The number of piperidine rings is 1. The van der Waals surface area contributed by atoms with Crippen LogP contribution >= 0.6 is 15.9 Å². The number of fused-ring (bicyclic) bond motifs is 3. The number of likely N-dealkylation sites (tertiary alicyclic amines) is 1. The van der Waals surface area contributed by atoms with Crippen molar-refractivity contribution in [3.63, 3.8) is 0 Å². The Kier molecular flexibility index (Phi) is 6.71. The number of para-hydroxylation sites is 1. The van der Waals surface area contributed by atoms with Crippen LogP contribution in [0.3, 0.4) is 0 Å². The Hall–Kier alpha value is -2.61. The highest BCUT2D eigenvalue weighted by atomic mass is 79.9. The number of anilines is 2. The van der Waals surface area contributed by atoms with Crippen molar-refractivity contribution in [3.05, 3.63) is 94.0 Å². The van der Waals surface area contributed by atoms with Crippen LogP contribution in [0.1, 0.15) is 55.8 Å². The van der Waals surface area contributed by atoms with E-state index in [1.54, 1.807) is 0 Å². The third kappa shape index (κ3) is 4.07. The van der Waals surface area contributed by atoms with E-state index in [2.05, 4.69) is 139 Å². The molecule has 1 fully saturated rings. The van der Waals surface area contributed by atoms with E-state index in [1.165, 1.54) is 11.3 Å². The highest BCUT2D eigenvalue weighted by Crippen LogP contribution is 2.62. The lowest BCUT2D eigenvalue weighted by Crippen LogP contribution is -2.63. The molecule has 0 unspecified atom stereocenters. The lowest BCUT2D eigenvalue weighted by Gasteiger charge is -2.54. The number of carbonyl (C=O) groups excluding carboxylic acids is 1. The van der Waals surface area contributed by atoms with Crippen LogP contribution in [0, 0.1) is 0 Å². The summed E-state index contributed by atoms with van der Waals surface area (Å²) in [6.45, 7) is 12.6. The fourth-order valence-electron chi connectivity index (χ4n) is 6.92. The van der Waals surface area contributed by atoms with E-state index in [0.717, 1.165) is 27.7 Å². The van der Waals surface area contributed by atoms with Crippen LogP contribution in [0.25, 0.3) is 0 Å². The Balaban J connectivity index is 1.46. The molecule has 3 aliphatic rings. The molecule has 0 aromatic heterocycles. The largest absolute Gasteiger partial charge is 0.414 e. The van der Waals surface area contributed by atoms with E-state index in [-0.39, 0.29) is 34.5 Å². The highest BCUT2D eigenvalue weighted by Gasteiger charge is 2.63. The molecule has 0 radical (unpaired) electrons. The second-order valence-electron chi connectivity index (χ2n) is 13.1. The van der Waals surface area contributed by atoms with Gasteiger partial charge in [0, 0.05) is 35.0 Å². The van der Waals surface area contributed by atoms with Crippen LogP contribution in [0.2, 0.25) is 18.1 Å². The molecule has 0 saturated carbocycles. The van der Waals surface area contributed by atoms with Crippen LogP contribution in [-0.4, -0.2) is 45.5 Å². The SMILES string of the molecule is CN1c2cccc(Br)c2[C@]23CCN([C@H](CO[Si](C)(C)C(C)(C)C)c4ccccc4)C(=O)[C@H]2c2ccccc2N[C@H]13. The number of amides is 1. The Morgan fingerprint density at radius 2 is 1.75 bits per heavy atom. The van der Waals surface area contributed by atoms with Crippen LogP contribution < -0.4 is 10.2 Å². The third-order valence-electron chi connectivity index (χ3n) is 10.1. The fraction of sp³-hybridized carbons (Fsp3) is 0.424. The van der Waals surface area contributed by atoms with Crippen LogP contribution in [0.15, 0.2) is 77.3 Å². The number of nitrogens with zero attached hydrogens (tertiary/aromatic N) is 2. The first-order chi connectivity index (χ1) is 19.0. The first-order valence-corrected chi connectivity index (χ1v) is 18.0. The van der Waals surface area contributed by atoms with Gasteiger partial charge >= 0.3 is 0 Å². The minimum atomic E-state index is -2.03. The van der Waals surface area contributed by atoms with Gasteiger partial charge < -0.3 is 19.5 Å². The third-order valence-corrected chi connectivity index (χ3v) is 15.2. The van der Waals surface area contributed by atoms with E-state index in [4.69, 9.17) is 4.43 Å². The van der Waals surface area contributed by atoms with E-state index >= 15 is 4.79 Å². The van der Waals surface area contributed by atoms with Gasteiger partial charge in [-0.3, -0.25) is 4.79 Å². The number of hydrogen-bond acceptors (Lipinski definition) is 4. The number of hydrogen-bond donors (Lipinski definition) is 1. The van der Waals surface area contributed by atoms with Gasteiger partial charge in [-0.15, -0.1) is 0 Å². The zero-order valence-electron chi connectivity index (χ0n) is 24.4. The molecule has 1 spiro atoms. The van der Waals surface area contributed by atoms with Gasteiger partial charge in [-0.1, -0.05) is 91.3 Å². The Labute approximate surface area is 248 Å². The first kappa shape index (κ1) is 27.6. The van der Waals surface area contributed by atoms with Crippen LogP contribution in [0.5, 0.6) is 0 Å². The molecule has 1 N–H and O–H groups in total. The second-order valence-corrected chi connectivity index (χ2v) is 18.8. The molecule has 0 bridgehead atoms. The number of nitrogens with one attached hydrogen (secondary N) is 1. The molecular formula is C33H40BrN3O2Si. The first-order valence-electron chi connectivity index (χ1n) is 14.3. The maximum Gasteiger partial charge on any atom is 0.231 e. The van der Waals surface area contributed by atoms with E-state index < -0.39 is 8.32 Å². The minimum Gasteiger partial charge on any atom is -0.414 e. The van der Waals surface area contributed by atoms with Gasteiger partial charge in [-0.2, -0.15) is 0 Å². The molecule has 4 atom stereocenters. The maximum atomic E-state index is 15.0. The van der Waals surface area contributed by atoms with Crippen LogP contribution in [-0.2, 0) is 14.6 Å². The molecule has 6 rings (SSSR count). The Morgan fingerprint density at radius 1 is 1.05 bits per heavy atom. The smallest absolute Gasteiger partial charge is 0.231 e. The van der Waals surface area contributed by atoms with E-state index in [0.29, 0.717) is 13.2 Å². The maximum absolute atomic E-state index is 15.0. The van der Waals surface area contributed by atoms with Gasteiger partial charge in [0.05, 0.1) is 24.0 Å². The van der Waals surface area contributed by atoms with Crippen molar-refractivity contribution in [3.8, 4) is 0 Å². The Morgan fingerprint density at radius 3 is 2.48 bits per heavy atom. The van der Waals surface area contributed by atoms with Crippen molar-refractivity contribution < 1.29 is 9.22 Å². The molecule has 3 heterocycles. The summed E-state index contributed by atoms with van der Waals surface area (Å²) in [6.07, 6.45) is 0.851. The summed E-state index contributed by atoms with van der Waals surface area (Å²) in [6, 6.07) is 25.1. The average Bonchev–Trinajstić information content (AvgIpc) is 3.16. The monoisotopic (exact) mass is 617 g/mol. The van der Waals surface area contributed by atoms with Crippen molar-refractivity contribution in [2.24, 2.45) is 0 Å². The van der Waals surface area contributed by atoms with Gasteiger partial charge in [-0.25, -0.2) is 0 Å². The summed E-state index contributed by atoms with van der Waals surface area (Å²) in [7, 11) is 0.126. The zero-order valence-corrected chi connectivity index (χ0v) is 27.0. The van der Waals surface area contributed by atoms with Crippen molar-refractivity contribution >= 4 is 41.5 Å². The second kappa shape index (κ2) is 9.74. The normalized spacial score (nSPS) is 24.5. The minimum absolute atomic E-state index is 0.00847. The predicted molar refractivity (Wildman–Crippen MR) is 169 cm³/mol. The molecule has 3 aromatic rings. The van der Waals surface area contributed by atoms with Gasteiger partial charge in [0.15, 0.2) is 8.32 Å². The van der Waals surface area contributed by atoms with Crippen molar-refractivity contribution in [1.29, 1.82) is 0 Å². The lowest BCUT2D eigenvalue weighted by molar-refractivity contribution is -0.142. The zero-order chi connectivity index (χ0) is 28.4. The summed E-state index contributed by atoms with van der Waals surface area (Å²) >= 11 is 3.90. The quantitative estimate of drug-likeness (QED) is 0.298. The van der Waals surface area contributed by atoms with Gasteiger partial charge in [-0.05, 0) is 53.9 Å². The molecule has 1 saturated heterocycles. The van der Waals surface area contributed by atoms with Crippen molar-refractivity contribution in [2.45, 2.75) is 68.9 Å². The Bertz CT molecular complexity index is 1440. The van der Waals surface area contributed by atoms with Crippen LogP contribution in [0.4, 0.5) is 11.4 Å². The molecule has 3 aromatic carbocycles. The fourth-order valence-corrected chi connectivity index (χ4v) is 8.65.